The third-order valence-corrected chi connectivity index (χ3v) is 8.13. The van der Waals surface area contributed by atoms with Crippen molar-refractivity contribution in [1.82, 2.24) is 19.8 Å². The van der Waals surface area contributed by atoms with Gasteiger partial charge in [-0.15, -0.1) is 0 Å². The first kappa shape index (κ1) is 24.5. The zero-order valence-corrected chi connectivity index (χ0v) is 21.1. The van der Waals surface area contributed by atoms with Crippen molar-refractivity contribution < 1.29 is 13.2 Å². The molecule has 1 heterocycles. The first-order valence-corrected chi connectivity index (χ1v) is 14.3. The Morgan fingerprint density at radius 3 is 2.56 bits per heavy atom. The standard InChI is InChI=1S/C25H30N4O3S2/c1-18-11-13-20(14-12-18)34(31,32)28-22(15-16-33-2)25(30)26-17-23-21-9-6-10-24(21)29(27-23)19-7-4-3-5-8-19/h3-5,7-8,11-14,22,28H,6,9-10,15-17H2,1-2H3,(H,26,30). The molecule has 7 nitrogen and oxygen atoms in total. The zero-order valence-electron chi connectivity index (χ0n) is 19.5. The quantitative estimate of drug-likeness (QED) is 0.447. The Bertz CT molecular complexity index is 1240. The molecule has 0 radical (unpaired) electrons. The average Bonchev–Trinajstić information content (AvgIpc) is 3.44. The molecule has 0 fully saturated rings. The molecular formula is C25H30N4O3S2. The lowest BCUT2D eigenvalue weighted by Crippen LogP contribution is -2.46. The number of aromatic nitrogens is 2. The highest BCUT2D eigenvalue weighted by atomic mass is 32.2. The fourth-order valence-corrected chi connectivity index (χ4v) is 5.89. The maximum Gasteiger partial charge on any atom is 0.241 e. The van der Waals surface area contributed by atoms with E-state index in [1.165, 1.54) is 11.3 Å². The second-order valence-electron chi connectivity index (χ2n) is 8.46. The Kier molecular flexibility index (Phi) is 7.75. The number of aryl methyl sites for hydroxylation is 1. The molecule has 1 aromatic heterocycles. The van der Waals surface area contributed by atoms with E-state index in [0.29, 0.717) is 12.2 Å². The minimum Gasteiger partial charge on any atom is -0.349 e. The van der Waals surface area contributed by atoms with E-state index in [1.54, 1.807) is 36.0 Å². The minimum atomic E-state index is -3.82. The van der Waals surface area contributed by atoms with Crippen molar-refractivity contribution in [2.75, 3.05) is 12.0 Å². The number of para-hydroxylation sites is 1. The summed E-state index contributed by atoms with van der Waals surface area (Å²) in [6.45, 7) is 2.16. The third kappa shape index (κ3) is 5.54. The van der Waals surface area contributed by atoms with Gasteiger partial charge in [-0.1, -0.05) is 35.9 Å². The summed E-state index contributed by atoms with van der Waals surface area (Å²) in [5, 5.41) is 7.72. The largest absolute Gasteiger partial charge is 0.349 e. The van der Waals surface area contributed by atoms with E-state index in [1.807, 2.05) is 48.2 Å². The number of benzene rings is 2. The summed E-state index contributed by atoms with van der Waals surface area (Å²) in [4.78, 5) is 13.2. The van der Waals surface area contributed by atoms with Gasteiger partial charge >= 0.3 is 0 Å². The van der Waals surface area contributed by atoms with E-state index >= 15 is 0 Å². The van der Waals surface area contributed by atoms with E-state index in [2.05, 4.69) is 10.0 Å². The SMILES string of the molecule is CSCCC(NS(=O)(=O)c1ccc(C)cc1)C(=O)NCc1nn(-c2ccccc2)c2c1CCC2. The van der Waals surface area contributed by atoms with Crippen LogP contribution in [0.25, 0.3) is 5.69 Å². The normalized spacial score (nSPS) is 14.1. The van der Waals surface area contributed by atoms with Crippen LogP contribution < -0.4 is 10.0 Å². The average molecular weight is 499 g/mol. The third-order valence-electron chi connectivity index (χ3n) is 6.00. The monoisotopic (exact) mass is 498 g/mol. The van der Waals surface area contributed by atoms with Crippen molar-refractivity contribution in [3.63, 3.8) is 0 Å². The minimum absolute atomic E-state index is 0.152. The number of rotatable bonds is 10. The maximum absolute atomic E-state index is 13.1. The predicted octanol–water partition coefficient (Wildman–Crippen LogP) is 3.39. The molecule has 4 rings (SSSR count). The van der Waals surface area contributed by atoms with Gasteiger partial charge in [-0.25, -0.2) is 13.1 Å². The molecule has 180 valence electrons. The summed E-state index contributed by atoms with van der Waals surface area (Å²) in [6, 6.07) is 15.7. The fraction of sp³-hybridized carbons (Fsp3) is 0.360. The Hall–Kier alpha value is -2.62. The van der Waals surface area contributed by atoms with Gasteiger partial charge in [0.15, 0.2) is 0 Å². The highest BCUT2D eigenvalue weighted by Crippen LogP contribution is 2.27. The first-order valence-electron chi connectivity index (χ1n) is 11.4. The Labute approximate surface area is 205 Å². The summed E-state index contributed by atoms with van der Waals surface area (Å²) in [7, 11) is -3.82. The topological polar surface area (TPSA) is 93.1 Å². The van der Waals surface area contributed by atoms with Crippen molar-refractivity contribution in [3.05, 3.63) is 77.1 Å². The Balaban J connectivity index is 1.49. The number of carbonyl (C=O) groups is 1. The molecule has 1 amide bonds. The molecule has 34 heavy (non-hydrogen) atoms. The fourth-order valence-electron chi connectivity index (χ4n) is 4.18. The lowest BCUT2D eigenvalue weighted by Gasteiger charge is -2.18. The van der Waals surface area contributed by atoms with Crippen molar-refractivity contribution in [1.29, 1.82) is 0 Å². The number of thioether (sulfide) groups is 1. The van der Waals surface area contributed by atoms with Gasteiger partial charge in [0.1, 0.15) is 6.04 Å². The van der Waals surface area contributed by atoms with Crippen LogP contribution in [0.3, 0.4) is 0 Å². The smallest absolute Gasteiger partial charge is 0.241 e. The molecular weight excluding hydrogens is 468 g/mol. The number of amides is 1. The number of nitrogens with zero attached hydrogens (tertiary/aromatic N) is 2. The lowest BCUT2D eigenvalue weighted by atomic mass is 10.2. The molecule has 0 saturated carbocycles. The molecule has 2 N–H and O–H groups in total. The molecule has 1 aliphatic rings. The highest BCUT2D eigenvalue weighted by Gasteiger charge is 2.27. The molecule has 3 aromatic rings. The van der Waals surface area contributed by atoms with Crippen LogP contribution in [0.5, 0.6) is 0 Å². The van der Waals surface area contributed by atoms with Gasteiger partial charge in [-0.05, 0) is 74.4 Å². The van der Waals surface area contributed by atoms with Crippen LogP contribution in [-0.2, 0) is 34.2 Å². The van der Waals surface area contributed by atoms with Gasteiger partial charge in [0, 0.05) is 5.69 Å². The van der Waals surface area contributed by atoms with Crippen molar-refractivity contribution in [2.24, 2.45) is 0 Å². The second-order valence-corrected chi connectivity index (χ2v) is 11.2. The van der Waals surface area contributed by atoms with Gasteiger partial charge in [-0.2, -0.15) is 21.6 Å². The van der Waals surface area contributed by atoms with E-state index in [4.69, 9.17) is 5.10 Å². The van der Waals surface area contributed by atoms with Crippen LogP contribution in [0.4, 0.5) is 0 Å². The molecule has 0 aliphatic heterocycles. The van der Waals surface area contributed by atoms with Crippen LogP contribution >= 0.6 is 11.8 Å². The van der Waals surface area contributed by atoms with Crippen LogP contribution in [-0.4, -0.2) is 42.2 Å². The highest BCUT2D eigenvalue weighted by molar-refractivity contribution is 7.98. The number of hydrogen-bond acceptors (Lipinski definition) is 5. The zero-order chi connectivity index (χ0) is 24.1. The molecule has 9 heteroatoms. The maximum atomic E-state index is 13.1. The van der Waals surface area contributed by atoms with Crippen LogP contribution in [0.1, 0.15) is 35.4 Å². The predicted molar refractivity (Wildman–Crippen MR) is 136 cm³/mol. The first-order chi connectivity index (χ1) is 16.4. The number of nitrogens with one attached hydrogen (secondary N) is 2. The summed E-state index contributed by atoms with van der Waals surface area (Å²) < 4.78 is 30.4. The van der Waals surface area contributed by atoms with E-state index < -0.39 is 16.1 Å². The Morgan fingerprint density at radius 2 is 1.85 bits per heavy atom. The molecule has 2 aromatic carbocycles. The van der Waals surface area contributed by atoms with Gasteiger partial charge in [0.25, 0.3) is 0 Å². The molecule has 1 aliphatic carbocycles. The molecule has 1 unspecified atom stereocenters. The molecule has 0 spiro atoms. The summed E-state index contributed by atoms with van der Waals surface area (Å²) in [5.74, 6) is 0.317. The summed E-state index contributed by atoms with van der Waals surface area (Å²) in [6.07, 6.45) is 5.28. The Morgan fingerprint density at radius 1 is 1.12 bits per heavy atom. The van der Waals surface area contributed by atoms with Gasteiger partial charge in [0.05, 0.1) is 22.8 Å². The van der Waals surface area contributed by atoms with Gasteiger partial charge < -0.3 is 5.32 Å². The van der Waals surface area contributed by atoms with Crippen LogP contribution in [0.15, 0.2) is 59.5 Å². The van der Waals surface area contributed by atoms with Crippen molar-refractivity contribution in [2.45, 2.75) is 50.1 Å². The number of carbonyl (C=O) groups excluding carboxylic acids is 1. The molecule has 0 saturated heterocycles. The number of fused-ring (bicyclic) bond motifs is 1. The van der Waals surface area contributed by atoms with Crippen LogP contribution in [0, 0.1) is 6.92 Å². The lowest BCUT2D eigenvalue weighted by molar-refractivity contribution is -0.122. The van der Waals surface area contributed by atoms with Crippen LogP contribution in [0.2, 0.25) is 0 Å². The van der Waals surface area contributed by atoms with E-state index in [-0.39, 0.29) is 17.3 Å². The van der Waals surface area contributed by atoms with E-state index in [0.717, 1.165) is 36.2 Å². The van der Waals surface area contributed by atoms with Gasteiger partial charge in [0.2, 0.25) is 15.9 Å². The van der Waals surface area contributed by atoms with Crippen molar-refractivity contribution in [3.8, 4) is 5.69 Å². The number of sulfonamides is 1. The van der Waals surface area contributed by atoms with Crippen molar-refractivity contribution >= 4 is 27.7 Å². The summed E-state index contributed by atoms with van der Waals surface area (Å²) >= 11 is 1.57. The van der Waals surface area contributed by atoms with E-state index in [9.17, 15) is 13.2 Å². The number of hydrogen-bond donors (Lipinski definition) is 2. The molecule has 0 bridgehead atoms. The second kappa shape index (κ2) is 10.8. The molecule has 1 atom stereocenters. The van der Waals surface area contributed by atoms with Gasteiger partial charge in [-0.3, -0.25) is 4.79 Å². The summed E-state index contributed by atoms with van der Waals surface area (Å²) in [5.41, 5.74) is 5.19.